The first-order valence-electron chi connectivity index (χ1n) is 3.70. The largest absolute Gasteiger partial charge is 0.524 e. The molecule has 0 spiro atoms. The maximum Gasteiger partial charge on any atom is 0.299 e. The highest BCUT2D eigenvalue weighted by atomic mass is 16.4. The van der Waals surface area contributed by atoms with Crippen LogP contribution in [0, 0.1) is 5.41 Å². The Balaban J connectivity index is 4.46. The summed E-state index contributed by atoms with van der Waals surface area (Å²) in [6.45, 7) is 8.62. The van der Waals surface area contributed by atoms with E-state index < -0.39 is 17.2 Å². The van der Waals surface area contributed by atoms with Gasteiger partial charge in [0.05, 0.1) is 0 Å². The molecule has 0 fully saturated rings. The highest BCUT2D eigenvalue weighted by Gasteiger charge is 2.32. The molecular formula is C8H14BO3. The van der Waals surface area contributed by atoms with E-state index >= 15 is 0 Å². The lowest BCUT2D eigenvalue weighted by atomic mass is 9.54. The van der Waals surface area contributed by atoms with Crippen molar-refractivity contribution in [2.45, 2.75) is 26.6 Å². The second-order valence-electron chi connectivity index (χ2n) is 3.84. The molecule has 0 aliphatic carbocycles. The van der Waals surface area contributed by atoms with Crippen molar-refractivity contribution in [1.29, 1.82) is 0 Å². The lowest BCUT2D eigenvalue weighted by Crippen LogP contribution is -2.28. The number of aliphatic hydroxyl groups is 1. The highest BCUT2D eigenvalue weighted by Crippen LogP contribution is 2.31. The van der Waals surface area contributed by atoms with E-state index in [2.05, 4.69) is 6.58 Å². The van der Waals surface area contributed by atoms with E-state index in [1.165, 1.54) is 7.28 Å². The first-order chi connectivity index (χ1) is 5.25. The van der Waals surface area contributed by atoms with Gasteiger partial charge in [0.15, 0.2) is 0 Å². The van der Waals surface area contributed by atoms with Crippen LogP contribution in [0.4, 0.5) is 0 Å². The average molecular weight is 169 g/mol. The maximum absolute atomic E-state index is 10.7. The van der Waals surface area contributed by atoms with Gasteiger partial charge in [-0.1, -0.05) is 27.4 Å². The summed E-state index contributed by atoms with van der Waals surface area (Å²) in [4.78, 5) is 10.7. The van der Waals surface area contributed by atoms with Gasteiger partial charge >= 0.3 is 0 Å². The summed E-state index contributed by atoms with van der Waals surface area (Å²) in [7, 11) is 1.25. The lowest BCUT2D eigenvalue weighted by Gasteiger charge is -2.25. The van der Waals surface area contributed by atoms with Crippen LogP contribution in [0.25, 0.3) is 0 Å². The molecule has 0 aromatic carbocycles. The second kappa shape index (κ2) is 3.65. The monoisotopic (exact) mass is 169 g/mol. The topological polar surface area (TPSA) is 57.5 Å². The minimum atomic E-state index is -0.947. The molecule has 0 aliphatic heterocycles. The molecule has 2 N–H and O–H groups in total. The van der Waals surface area contributed by atoms with Crippen molar-refractivity contribution in [1.82, 2.24) is 0 Å². The molecular weight excluding hydrogens is 155 g/mol. The van der Waals surface area contributed by atoms with Crippen molar-refractivity contribution >= 4 is 13.2 Å². The number of carboxylic acid groups (broad SMARTS) is 1. The van der Waals surface area contributed by atoms with E-state index in [9.17, 15) is 4.79 Å². The predicted octanol–water partition coefficient (Wildman–Crippen LogP) is 1.64. The number of rotatable bonds is 3. The smallest absolute Gasteiger partial charge is 0.299 e. The molecule has 67 valence electrons. The Bertz CT molecular complexity index is 193. The molecule has 0 bridgehead atoms. The van der Waals surface area contributed by atoms with Gasteiger partial charge in [-0.05, 0) is 5.41 Å². The molecule has 0 aromatic heterocycles. The fourth-order valence-electron chi connectivity index (χ4n) is 0.884. The van der Waals surface area contributed by atoms with Gasteiger partial charge in [-0.2, -0.15) is 0 Å². The number of carbonyl (C=O) groups is 1. The molecule has 0 rings (SSSR count). The summed E-state index contributed by atoms with van der Waals surface area (Å²) in [5.41, 5.74) is -0.602. The van der Waals surface area contributed by atoms with Crippen molar-refractivity contribution in [3.8, 4) is 0 Å². The number of carboxylic acids is 1. The van der Waals surface area contributed by atoms with E-state index in [-0.39, 0.29) is 5.66 Å². The van der Waals surface area contributed by atoms with Crippen LogP contribution in [0.15, 0.2) is 12.2 Å². The SMILES string of the molecule is C=C(O)[B]C(C(=O)O)C(C)(C)C. The van der Waals surface area contributed by atoms with Gasteiger partial charge in [0, 0.05) is 11.5 Å². The van der Waals surface area contributed by atoms with Gasteiger partial charge in [0.2, 0.25) is 7.28 Å². The van der Waals surface area contributed by atoms with Gasteiger partial charge in [-0.15, -0.1) is 0 Å². The predicted molar refractivity (Wildman–Crippen MR) is 48.4 cm³/mol. The molecule has 0 saturated heterocycles. The van der Waals surface area contributed by atoms with E-state index in [0.29, 0.717) is 0 Å². The van der Waals surface area contributed by atoms with Gasteiger partial charge in [0.25, 0.3) is 5.97 Å². The van der Waals surface area contributed by atoms with Crippen molar-refractivity contribution in [3.05, 3.63) is 12.2 Å². The molecule has 4 heteroatoms. The van der Waals surface area contributed by atoms with Crippen LogP contribution < -0.4 is 0 Å². The van der Waals surface area contributed by atoms with Crippen LogP contribution in [0.5, 0.6) is 0 Å². The van der Waals surface area contributed by atoms with Gasteiger partial charge < -0.3 is 10.2 Å². The quantitative estimate of drug-likeness (QED) is 0.498. The molecule has 1 atom stereocenters. The van der Waals surface area contributed by atoms with Gasteiger partial charge in [-0.25, -0.2) is 0 Å². The maximum atomic E-state index is 10.7. The third-order valence-corrected chi connectivity index (χ3v) is 1.56. The molecule has 1 radical (unpaired) electrons. The number of aliphatic carboxylic acids is 1. The van der Waals surface area contributed by atoms with Crippen LogP contribution in [0.3, 0.4) is 0 Å². The zero-order valence-corrected chi connectivity index (χ0v) is 7.66. The molecule has 0 saturated carbocycles. The van der Waals surface area contributed by atoms with Crippen LogP contribution in [-0.4, -0.2) is 23.5 Å². The minimum Gasteiger partial charge on any atom is -0.524 e. The van der Waals surface area contributed by atoms with Crippen molar-refractivity contribution in [2.75, 3.05) is 0 Å². The number of hydrogen-bond donors (Lipinski definition) is 2. The van der Waals surface area contributed by atoms with Gasteiger partial charge in [-0.3, -0.25) is 4.79 Å². The summed E-state index contributed by atoms with van der Waals surface area (Å²) < 4.78 is 0. The number of aliphatic hydroxyl groups excluding tert-OH is 1. The second-order valence-corrected chi connectivity index (χ2v) is 3.84. The van der Waals surface area contributed by atoms with E-state index in [4.69, 9.17) is 10.2 Å². The molecule has 1 unspecified atom stereocenters. The van der Waals surface area contributed by atoms with Crippen LogP contribution >= 0.6 is 0 Å². The normalized spacial score (nSPS) is 13.6. The Morgan fingerprint density at radius 3 is 1.92 bits per heavy atom. The van der Waals surface area contributed by atoms with E-state index in [1.807, 2.05) is 0 Å². The summed E-state index contributed by atoms with van der Waals surface area (Å²) in [5, 5.41) is 17.6. The van der Waals surface area contributed by atoms with Crippen LogP contribution in [0.1, 0.15) is 20.8 Å². The average Bonchev–Trinajstić information content (AvgIpc) is 1.79. The molecule has 12 heavy (non-hydrogen) atoms. The van der Waals surface area contributed by atoms with Crippen molar-refractivity contribution in [2.24, 2.45) is 5.41 Å². The Kier molecular flexibility index (Phi) is 3.37. The van der Waals surface area contributed by atoms with Gasteiger partial charge in [0.1, 0.15) is 0 Å². The minimum absolute atomic E-state index is 0.197. The van der Waals surface area contributed by atoms with Crippen molar-refractivity contribution < 1.29 is 15.0 Å². The summed E-state index contributed by atoms with van der Waals surface area (Å²) in [6, 6.07) is 0. The highest BCUT2D eigenvalue weighted by molar-refractivity contribution is 6.50. The van der Waals surface area contributed by atoms with E-state index in [0.717, 1.165) is 0 Å². The fraction of sp³-hybridized carbons (Fsp3) is 0.625. The van der Waals surface area contributed by atoms with E-state index in [1.54, 1.807) is 20.8 Å². The fourth-order valence-corrected chi connectivity index (χ4v) is 0.884. The molecule has 0 aliphatic rings. The number of hydrogen-bond acceptors (Lipinski definition) is 2. The Labute approximate surface area is 73.3 Å². The Morgan fingerprint density at radius 2 is 1.83 bits per heavy atom. The third-order valence-electron chi connectivity index (χ3n) is 1.56. The van der Waals surface area contributed by atoms with Crippen LogP contribution in [-0.2, 0) is 4.79 Å². The summed E-state index contributed by atoms with van der Waals surface area (Å²) >= 11 is 0. The Morgan fingerprint density at radius 1 is 1.42 bits per heavy atom. The summed E-state index contributed by atoms with van der Waals surface area (Å²) in [6.07, 6.45) is 0. The third kappa shape index (κ3) is 3.46. The first-order valence-corrected chi connectivity index (χ1v) is 3.70. The molecule has 0 amide bonds. The zero-order chi connectivity index (χ0) is 9.94. The van der Waals surface area contributed by atoms with Crippen molar-refractivity contribution in [3.63, 3.8) is 0 Å². The first kappa shape index (κ1) is 11.1. The molecule has 0 aromatic rings. The lowest BCUT2D eigenvalue weighted by molar-refractivity contribution is -0.138. The van der Waals surface area contributed by atoms with Crippen LogP contribution in [0.2, 0.25) is 5.82 Å². The zero-order valence-electron chi connectivity index (χ0n) is 7.66. The standard InChI is InChI=1S/C8H14BO3/c1-5(10)9-6(7(11)12)8(2,3)4/h6,10H,1H2,2-4H3,(H,11,12). The summed E-state index contributed by atoms with van der Waals surface area (Å²) in [5.74, 6) is -1.65. The molecule has 3 nitrogen and oxygen atoms in total. The molecule has 0 heterocycles. The Hall–Kier alpha value is -0.925.